The summed E-state index contributed by atoms with van der Waals surface area (Å²) in [7, 11) is 0. The van der Waals surface area contributed by atoms with Gasteiger partial charge < -0.3 is 10.3 Å². The summed E-state index contributed by atoms with van der Waals surface area (Å²) in [4.78, 5) is 12.3. The second-order valence-electron chi connectivity index (χ2n) is 7.08. The molecular weight excluding hydrogens is 332 g/mol. The Morgan fingerprint density at radius 3 is 2.40 bits per heavy atom. The van der Waals surface area contributed by atoms with E-state index in [0.717, 1.165) is 36.1 Å². The number of hydrogen-bond acceptors (Lipinski definition) is 1. The van der Waals surface area contributed by atoms with E-state index < -0.39 is 0 Å². The monoisotopic (exact) mass is 360 g/mol. The molecule has 2 N–H and O–H groups in total. The summed E-state index contributed by atoms with van der Waals surface area (Å²) in [5.41, 5.74) is 10.3. The van der Waals surface area contributed by atoms with Crippen LogP contribution in [0.15, 0.2) is 24.3 Å². The van der Waals surface area contributed by atoms with E-state index in [1.807, 2.05) is 31.2 Å². The van der Waals surface area contributed by atoms with Gasteiger partial charge in [-0.3, -0.25) is 4.79 Å². The zero-order valence-electron chi connectivity index (χ0n) is 15.9. The molecule has 1 atom stereocenters. The van der Waals surface area contributed by atoms with Gasteiger partial charge in [0.15, 0.2) is 0 Å². The van der Waals surface area contributed by atoms with Gasteiger partial charge in [0.1, 0.15) is 0 Å². The van der Waals surface area contributed by atoms with E-state index >= 15 is 0 Å². The molecule has 0 spiro atoms. The van der Waals surface area contributed by atoms with E-state index in [-0.39, 0.29) is 11.9 Å². The Morgan fingerprint density at radius 1 is 1.24 bits per heavy atom. The number of benzene rings is 1. The van der Waals surface area contributed by atoms with Crippen molar-refractivity contribution in [3.05, 3.63) is 46.2 Å². The van der Waals surface area contributed by atoms with Crippen LogP contribution >= 0.6 is 11.6 Å². The first-order valence-electron chi connectivity index (χ1n) is 9.09. The first-order valence-corrected chi connectivity index (χ1v) is 9.47. The van der Waals surface area contributed by atoms with Crippen molar-refractivity contribution in [2.75, 3.05) is 0 Å². The number of carbonyl (C=O) groups excluding carboxylic acids is 1. The SMILES string of the molecule is CCCCc1c(-c2ccccc2Cl)c(C(N)=O)c(C)n1C(C)C(C)C. The molecule has 0 saturated carbocycles. The highest BCUT2D eigenvalue weighted by Crippen LogP contribution is 2.39. The van der Waals surface area contributed by atoms with Crippen molar-refractivity contribution >= 4 is 17.5 Å². The molecule has 4 heteroatoms. The third-order valence-electron chi connectivity index (χ3n) is 5.08. The maximum atomic E-state index is 12.3. The average Bonchev–Trinajstić information content (AvgIpc) is 2.84. The molecular formula is C21H29ClN2O. The highest BCUT2D eigenvalue weighted by Gasteiger charge is 2.28. The Bertz CT molecular complexity index is 761. The van der Waals surface area contributed by atoms with Gasteiger partial charge in [0.25, 0.3) is 5.91 Å². The van der Waals surface area contributed by atoms with Crippen molar-refractivity contribution in [2.24, 2.45) is 11.7 Å². The van der Waals surface area contributed by atoms with Gasteiger partial charge in [0, 0.05) is 33.6 Å². The number of primary amides is 1. The molecule has 0 aliphatic carbocycles. The zero-order chi connectivity index (χ0) is 18.7. The Morgan fingerprint density at radius 2 is 1.88 bits per heavy atom. The number of halogens is 1. The van der Waals surface area contributed by atoms with Crippen LogP contribution in [0.5, 0.6) is 0 Å². The molecule has 2 aromatic rings. The van der Waals surface area contributed by atoms with Gasteiger partial charge in [0.2, 0.25) is 0 Å². The van der Waals surface area contributed by atoms with Gasteiger partial charge in [-0.05, 0) is 38.7 Å². The smallest absolute Gasteiger partial charge is 0.251 e. The minimum atomic E-state index is -0.389. The predicted molar refractivity (Wildman–Crippen MR) is 106 cm³/mol. The number of unbranched alkanes of at least 4 members (excludes halogenated alkanes) is 1. The van der Waals surface area contributed by atoms with E-state index in [1.165, 1.54) is 5.69 Å². The second kappa shape index (κ2) is 8.09. The summed E-state index contributed by atoms with van der Waals surface area (Å²) >= 11 is 6.48. The topological polar surface area (TPSA) is 48.0 Å². The third-order valence-corrected chi connectivity index (χ3v) is 5.41. The van der Waals surface area contributed by atoms with Gasteiger partial charge >= 0.3 is 0 Å². The molecule has 1 aromatic heterocycles. The minimum Gasteiger partial charge on any atom is -0.366 e. The van der Waals surface area contributed by atoms with E-state index in [0.29, 0.717) is 16.5 Å². The van der Waals surface area contributed by atoms with Gasteiger partial charge in [-0.25, -0.2) is 0 Å². The van der Waals surface area contributed by atoms with Crippen LogP contribution in [0.4, 0.5) is 0 Å². The summed E-state index contributed by atoms with van der Waals surface area (Å²) in [6.45, 7) is 10.8. The van der Waals surface area contributed by atoms with E-state index in [4.69, 9.17) is 17.3 Å². The first-order chi connectivity index (χ1) is 11.8. The van der Waals surface area contributed by atoms with E-state index in [1.54, 1.807) is 0 Å². The summed E-state index contributed by atoms with van der Waals surface area (Å²) in [5, 5.41) is 0.650. The lowest BCUT2D eigenvalue weighted by molar-refractivity contribution is 0.1000. The van der Waals surface area contributed by atoms with Crippen LogP contribution in [0.1, 0.15) is 68.3 Å². The number of rotatable bonds is 7. The van der Waals surface area contributed by atoms with Crippen molar-refractivity contribution < 1.29 is 4.79 Å². The fourth-order valence-electron chi connectivity index (χ4n) is 3.46. The highest BCUT2D eigenvalue weighted by atomic mass is 35.5. The summed E-state index contributed by atoms with van der Waals surface area (Å²) in [6, 6.07) is 7.98. The number of hydrogen-bond donors (Lipinski definition) is 1. The normalized spacial score (nSPS) is 12.6. The maximum absolute atomic E-state index is 12.3. The standard InChI is InChI=1S/C21H29ClN2O/c1-6-7-12-18-20(16-10-8-9-11-17(16)22)19(21(23)25)15(5)24(18)14(4)13(2)3/h8-11,13-14H,6-7,12H2,1-5H3,(H2,23,25). The van der Waals surface area contributed by atoms with Crippen LogP contribution in [-0.2, 0) is 6.42 Å². The number of carbonyl (C=O) groups is 1. The molecule has 0 saturated heterocycles. The molecule has 0 fully saturated rings. The van der Waals surface area contributed by atoms with Gasteiger partial charge in [0.05, 0.1) is 5.56 Å². The van der Waals surface area contributed by atoms with Crippen molar-refractivity contribution in [3.63, 3.8) is 0 Å². The van der Waals surface area contributed by atoms with Crippen molar-refractivity contribution in [3.8, 4) is 11.1 Å². The van der Waals surface area contributed by atoms with Crippen LogP contribution in [0.3, 0.4) is 0 Å². The summed E-state index contributed by atoms with van der Waals surface area (Å²) < 4.78 is 2.30. The molecule has 136 valence electrons. The van der Waals surface area contributed by atoms with Crippen molar-refractivity contribution in [1.82, 2.24) is 4.57 Å². The van der Waals surface area contributed by atoms with Gasteiger partial charge in [-0.15, -0.1) is 0 Å². The van der Waals surface area contributed by atoms with Crippen LogP contribution in [0, 0.1) is 12.8 Å². The molecule has 2 rings (SSSR count). The lowest BCUT2D eigenvalue weighted by Crippen LogP contribution is -2.17. The number of aromatic nitrogens is 1. The zero-order valence-corrected chi connectivity index (χ0v) is 16.7. The Balaban J connectivity index is 2.85. The molecule has 3 nitrogen and oxygen atoms in total. The molecule has 1 aromatic carbocycles. The van der Waals surface area contributed by atoms with Crippen LogP contribution in [0.25, 0.3) is 11.1 Å². The molecule has 1 amide bonds. The molecule has 0 bridgehead atoms. The lowest BCUT2D eigenvalue weighted by atomic mass is 9.97. The Kier molecular flexibility index (Phi) is 6.34. The molecule has 1 heterocycles. The average molecular weight is 361 g/mol. The van der Waals surface area contributed by atoms with E-state index in [2.05, 4.69) is 32.3 Å². The number of nitrogens with zero attached hydrogens (tertiary/aromatic N) is 1. The quantitative estimate of drug-likeness (QED) is 0.668. The van der Waals surface area contributed by atoms with Crippen LogP contribution in [-0.4, -0.2) is 10.5 Å². The first kappa shape index (κ1) is 19.6. The van der Waals surface area contributed by atoms with Crippen molar-refractivity contribution in [2.45, 2.75) is 59.9 Å². The Labute approximate surface area is 156 Å². The fraction of sp³-hybridized carbons (Fsp3) is 0.476. The fourth-order valence-corrected chi connectivity index (χ4v) is 3.69. The Hall–Kier alpha value is -1.74. The molecule has 0 aliphatic heterocycles. The molecule has 0 aliphatic rings. The lowest BCUT2D eigenvalue weighted by Gasteiger charge is -2.23. The maximum Gasteiger partial charge on any atom is 0.251 e. The van der Waals surface area contributed by atoms with Gasteiger partial charge in [-0.1, -0.05) is 57.0 Å². The highest BCUT2D eigenvalue weighted by molar-refractivity contribution is 6.33. The third kappa shape index (κ3) is 3.77. The summed E-state index contributed by atoms with van der Waals surface area (Å²) in [6.07, 6.45) is 3.06. The minimum absolute atomic E-state index is 0.279. The molecule has 25 heavy (non-hydrogen) atoms. The van der Waals surface area contributed by atoms with Crippen LogP contribution < -0.4 is 5.73 Å². The predicted octanol–water partition coefficient (Wildman–Crippen LogP) is 5.78. The van der Waals surface area contributed by atoms with Crippen LogP contribution in [0.2, 0.25) is 5.02 Å². The summed E-state index contributed by atoms with van der Waals surface area (Å²) in [5.74, 6) is 0.0613. The number of amides is 1. The molecule has 1 unspecified atom stereocenters. The largest absolute Gasteiger partial charge is 0.366 e. The van der Waals surface area contributed by atoms with Crippen molar-refractivity contribution in [1.29, 1.82) is 0 Å². The molecule has 0 radical (unpaired) electrons. The van der Waals surface area contributed by atoms with Gasteiger partial charge in [-0.2, -0.15) is 0 Å². The second-order valence-corrected chi connectivity index (χ2v) is 7.49. The number of nitrogens with two attached hydrogens (primary N) is 1. The van der Waals surface area contributed by atoms with E-state index in [9.17, 15) is 4.79 Å².